The number of nitrogens with zero attached hydrogens (tertiary/aromatic N) is 2. The number of carbonyl (C=O) groups is 2. The third-order valence-electron chi connectivity index (χ3n) is 5.42. The molecule has 0 bridgehead atoms. The number of benzene rings is 1. The Hall–Kier alpha value is -2.63. The first-order chi connectivity index (χ1) is 12.9. The van der Waals surface area contributed by atoms with Crippen LogP contribution in [0.2, 0.25) is 0 Å². The second-order valence-corrected chi connectivity index (χ2v) is 7.72. The van der Waals surface area contributed by atoms with Gasteiger partial charge in [-0.1, -0.05) is 57.0 Å². The largest absolute Gasteiger partial charge is 0.350 e. The molecule has 2 N–H and O–H groups in total. The molecular formula is C21H28N4O2. The summed E-state index contributed by atoms with van der Waals surface area (Å²) in [6.07, 6.45) is 4.52. The SMILES string of the molecule is CC(C)C(=O)Nc1cc(C(=O)NCC2(c3ccccc3)CCCC2)nn1C. The molecule has 0 unspecified atom stereocenters. The predicted molar refractivity (Wildman–Crippen MR) is 106 cm³/mol. The van der Waals surface area contributed by atoms with Crippen molar-refractivity contribution in [2.24, 2.45) is 13.0 Å². The molecule has 6 nitrogen and oxygen atoms in total. The molecule has 2 amide bonds. The Morgan fingerprint density at radius 1 is 1.19 bits per heavy atom. The van der Waals surface area contributed by atoms with Gasteiger partial charge >= 0.3 is 0 Å². The Bertz CT molecular complexity index is 805. The second-order valence-electron chi connectivity index (χ2n) is 7.72. The van der Waals surface area contributed by atoms with E-state index in [2.05, 4.69) is 40.0 Å². The van der Waals surface area contributed by atoms with Crippen LogP contribution in [0.1, 0.15) is 55.6 Å². The van der Waals surface area contributed by atoms with E-state index >= 15 is 0 Å². The molecule has 1 heterocycles. The van der Waals surface area contributed by atoms with Crippen molar-refractivity contribution in [1.29, 1.82) is 0 Å². The minimum Gasteiger partial charge on any atom is -0.350 e. The number of anilines is 1. The molecule has 1 saturated carbocycles. The van der Waals surface area contributed by atoms with Crippen LogP contribution >= 0.6 is 0 Å². The summed E-state index contributed by atoms with van der Waals surface area (Å²) in [6.45, 7) is 4.24. The highest BCUT2D eigenvalue weighted by molar-refractivity contribution is 5.95. The third kappa shape index (κ3) is 4.21. The fourth-order valence-corrected chi connectivity index (χ4v) is 3.72. The average Bonchev–Trinajstić information content (AvgIpc) is 3.28. The lowest BCUT2D eigenvalue weighted by Crippen LogP contribution is -2.39. The lowest BCUT2D eigenvalue weighted by Gasteiger charge is -2.29. The Balaban J connectivity index is 1.69. The fraction of sp³-hybridized carbons (Fsp3) is 0.476. The molecule has 6 heteroatoms. The number of aromatic nitrogens is 2. The second kappa shape index (κ2) is 7.94. The van der Waals surface area contributed by atoms with Gasteiger partial charge in [0.2, 0.25) is 5.91 Å². The Morgan fingerprint density at radius 3 is 2.48 bits per heavy atom. The highest BCUT2D eigenvalue weighted by Gasteiger charge is 2.36. The van der Waals surface area contributed by atoms with Gasteiger partial charge < -0.3 is 10.6 Å². The lowest BCUT2D eigenvalue weighted by atomic mass is 9.79. The summed E-state index contributed by atoms with van der Waals surface area (Å²) < 4.78 is 1.53. The minimum atomic E-state index is -0.210. The molecule has 0 radical (unpaired) electrons. The van der Waals surface area contributed by atoms with E-state index in [1.165, 1.54) is 23.1 Å². The summed E-state index contributed by atoms with van der Waals surface area (Å²) in [5.74, 6) is 0.0829. The molecule has 1 fully saturated rings. The van der Waals surface area contributed by atoms with Crippen molar-refractivity contribution >= 4 is 17.6 Å². The monoisotopic (exact) mass is 368 g/mol. The van der Waals surface area contributed by atoms with E-state index in [0.29, 0.717) is 18.1 Å². The molecule has 144 valence electrons. The van der Waals surface area contributed by atoms with Crippen LogP contribution in [0.5, 0.6) is 0 Å². The number of hydrogen-bond donors (Lipinski definition) is 2. The van der Waals surface area contributed by atoms with Gasteiger partial charge in [-0.15, -0.1) is 0 Å². The van der Waals surface area contributed by atoms with E-state index in [0.717, 1.165) is 12.8 Å². The minimum absolute atomic E-state index is 0.000386. The topological polar surface area (TPSA) is 76.0 Å². The maximum Gasteiger partial charge on any atom is 0.271 e. The van der Waals surface area contributed by atoms with E-state index in [4.69, 9.17) is 0 Å². The number of amides is 2. The molecule has 0 saturated heterocycles. The van der Waals surface area contributed by atoms with Gasteiger partial charge in [0.15, 0.2) is 5.69 Å². The normalized spacial score (nSPS) is 15.7. The molecule has 1 aromatic heterocycles. The van der Waals surface area contributed by atoms with Crippen molar-refractivity contribution in [3.8, 4) is 0 Å². The van der Waals surface area contributed by atoms with Crippen molar-refractivity contribution < 1.29 is 9.59 Å². The number of aryl methyl sites for hydroxylation is 1. The Labute approximate surface area is 160 Å². The molecule has 1 aliphatic rings. The van der Waals surface area contributed by atoms with Crippen LogP contribution in [0.3, 0.4) is 0 Å². The summed E-state index contributed by atoms with van der Waals surface area (Å²) in [7, 11) is 1.72. The molecule has 3 rings (SSSR count). The summed E-state index contributed by atoms with van der Waals surface area (Å²) >= 11 is 0. The first-order valence-corrected chi connectivity index (χ1v) is 9.60. The molecule has 27 heavy (non-hydrogen) atoms. The highest BCUT2D eigenvalue weighted by Crippen LogP contribution is 2.40. The van der Waals surface area contributed by atoms with Crippen LogP contribution < -0.4 is 10.6 Å². The first kappa shape index (κ1) is 19.1. The zero-order valence-electron chi connectivity index (χ0n) is 16.3. The predicted octanol–water partition coefficient (Wildman–Crippen LogP) is 3.26. The smallest absolute Gasteiger partial charge is 0.271 e. The quantitative estimate of drug-likeness (QED) is 0.822. The van der Waals surface area contributed by atoms with Crippen LogP contribution in [0.25, 0.3) is 0 Å². The van der Waals surface area contributed by atoms with Gasteiger partial charge in [0.05, 0.1) is 0 Å². The zero-order valence-corrected chi connectivity index (χ0v) is 16.3. The summed E-state index contributed by atoms with van der Waals surface area (Å²) in [5.41, 5.74) is 1.60. The number of carbonyl (C=O) groups excluding carboxylic acids is 2. The molecular weight excluding hydrogens is 340 g/mol. The standard InChI is InChI=1S/C21H28N4O2/c1-15(2)19(26)23-18-13-17(24-25(18)3)20(27)22-14-21(11-7-8-12-21)16-9-5-4-6-10-16/h4-6,9-10,13,15H,7-8,11-12,14H2,1-3H3,(H,22,27)(H,23,26). The van der Waals surface area contributed by atoms with E-state index in [1.54, 1.807) is 13.1 Å². The van der Waals surface area contributed by atoms with Crippen molar-refractivity contribution in [2.45, 2.75) is 44.9 Å². The summed E-state index contributed by atoms with van der Waals surface area (Å²) in [6, 6.07) is 12.1. The molecule has 0 aliphatic heterocycles. The molecule has 1 aliphatic carbocycles. The third-order valence-corrected chi connectivity index (χ3v) is 5.42. The molecule has 0 spiro atoms. The van der Waals surface area contributed by atoms with Crippen LogP contribution in [-0.4, -0.2) is 28.1 Å². The number of rotatable bonds is 6. The van der Waals surface area contributed by atoms with Gasteiger partial charge in [-0.25, -0.2) is 0 Å². The fourth-order valence-electron chi connectivity index (χ4n) is 3.72. The molecule has 0 atom stereocenters. The lowest BCUT2D eigenvalue weighted by molar-refractivity contribution is -0.118. The summed E-state index contributed by atoms with van der Waals surface area (Å²) in [5, 5.41) is 10.1. The van der Waals surface area contributed by atoms with Crippen molar-refractivity contribution in [2.75, 3.05) is 11.9 Å². The van der Waals surface area contributed by atoms with Crippen LogP contribution in [0.4, 0.5) is 5.82 Å². The van der Waals surface area contributed by atoms with E-state index in [1.807, 2.05) is 19.9 Å². The van der Waals surface area contributed by atoms with Crippen LogP contribution in [0, 0.1) is 5.92 Å². The van der Waals surface area contributed by atoms with Gasteiger partial charge in [-0.3, -0.25) is 14.3 Å². The van der Waals surface area contributed by atoms with Crippen molar-refractivity contribution in [1.82, 2.24) is 15.1 Å². The number of hydrogen-bond acceptors (Lipinski definition) is 3. The van der Waals surface area contributed by atoms with E-state index in [-0.39, 0.29) is 23.1 Å². The van der Waals surface area contributed by atoms with Crippen molar-refractivity contribution in [3.63, 3.8) is 0 Å². The van der Waals surface area contributed by atoms with E-state index < -0.39 is 0 Å². The first-order valence-electron chi connectivity index (χ1n) is 9.60. The van der Waals surface area contributed by atoms with Crippen LogP contribution in [0.15, 0.2) is 36.4 Å². The molecule has 1 aromatic carbocycles. The maximum absolute atomic E-state index is 12.7. The Kier molecular flexibility index (Phi) is 5.63. The van der Waals surface area contributed by atoms with Gasteiger partial charge in [0.1, 0.15) is 5.82 Å². The Morgan fingerprint density at radius 2 is 1.85 bits per heavy atom. The van der Waals surface area contributed by atoms with Crippen molar-refractivity contribution in [3.05, 3.63) is 47.7 Å². The highest BCUT2D eigenvalue weighted by atomic mass is 16.2. The maximum atomic E-state index is 12.7. The van der Waals surface area contributed by atoms with Gasteiger partial charge in [0.25, 0.3) is 5.91 Å². The number of nitrogens with one attached hydrogen (secondary N) is 2. The van der Waals surface area contributed by atoms with E-state index in [9.17, 15) is 9.59 Å². The summed E-state index contributed by atoms with van der Waals surface area (Å²) in [4.78, 5) is 24.5. The van der Waals surface area contributed by atoms with Gasteiger partial charge in [-0.05, 0) is 18.4 Å². The van der Waals surface area contributed by atoms with Crippen LogP contribution in [-0.2, 0) is 17.3 Å². The zero-order chi connectivity index (χ0) is 19.4. The molecule has 2 aromatic rings. The van der Waals surface area contributed by atoms with Gasteiger partial charge in [0, 0.05) is 31.0 Å². The van der Waals surface area contributed by atoms with Gasteiger partial charge in [-0.2, -0.15) is 5.10 Å². The average molecular weight is 368 g/mol.